The summed E-state index contributed by atoms with van der Waals surface area (Å²) in [6, 6.07) is 10.1. The number of halogens is 1. The van der Waals surface area contributed by atoms with E-state index in [-0.39, 0.29) is 17.6 Å². The molecule has 1 unspecified atom stereocenters. The summed E-state index contributed by atoms with van der Waals surface area (Å²) in [6.07, 6.45) is 7.75. The zero-order chi connectivity index (χ0) is 22.8. The van der Waals surface area contributed by atoms with Gasteiger partial charge in [-0.1, -0.05) is 13.0 Å². The van der Waals surface area contributed by atoms with Crippen molar-refractivity contribution in [3.05, 3.63) is 66.6 Å². The van der Waals surface area contributed by atoms with Gasteiger partial charge < -0.3 is 15.2 Å². The zero-order valence-electron chi connectivity index (χ0n) is 18.4. The molecule has 1 amide bonds. The number of nitrogens with zero attached hydrogens (tertiary/aromatic N) is 4. The molecule has 0 radical (unpaired) electrons. The van der Waals surface area contributed by atoms with Gasteiger partial charge in [0.2, 0.25) is 5.91 Å². The maximum Gasteiger partial charge on any atom is 0.222 e. The predicted molar refractivity (Wildman–Crippen MR) is 126 cm³/mol. The highest BCUT2D eigenvalue weighted by Gasteiger charge is 2.27. The van der Waals surface area contributed by atoms with E-state index in [1.54, 1.807) is 24.5 Å². The highest BCUT2D eigenvalue weighted by Crippen LogP contribution is 2.32. The quantitative estimate of drug-likeness (QED) is 0.451. The van der Waals surface area contributed by atoms with Crippen molar-refractivity contribution in [3.8, 4) is 11.3 Å². The molecule has 1 aromatic carbocycles. The van der Waals surface area contributed by atoms with Crippen molar-refractivity contribution in [2.75, 3.05) is 18.4 Å². The van der Waals surface area contributed by atoms with Gasteiger partial charge in [-0.05, 0) is 37.1 Å². The summed E-state index contributed by atoms with van der Waals surface area (Å²) in [5, 5.41) is 4.23. The van der Waals surface area contributed by atoms with Gasteiger partial charge in [0.1, 0.15) is 17.5 Å². The number of piperidine rings is 1. The largest absolute Gasteiger partial charge is 0.360 e. The summed E-state index contributed by atoms with van der Waals surface area (Å²) in [4.78, 5) is 31.5. The smallest absolute Gasteiger partial charge is 0.222 e. The lowest BCUT2D eigenvalue weighted by Gasteiger charge is -2.32. The van der Waals surface area contributed by atoms with Crippen LogP contribution in [-0.4, -0.2) is 43.8 Å². The van der Waals surface area contributed by atoms with E-state index < -0.39 is 0 Å². The predicted octanol–water partition coefficient (Wildman–Crippen LogP) is 5.02. The maximum absolute atomic E-state index is 13.8. The number of hydrogen-bond acceptors (Lipinski definition) is 5. The van der Waals surface area contributed by atoms with Gasteiger partial charge in [0, 0.05) is 60.5 Å². The molecule has 8 heteroatoms. The van der Waals surface area contributed by atoms with Crippen LogP contribution >= 0.6 is 0 Å². The van der Waals surface area contributed by atoms with Crippen LogP contribution in [0.1, 0.15) is 37.9 Å². The monoisotopic (exact) mass is 444 g/mol. The fraction of sp³-hybridized carbons (Fsp3) is 0.280. The fourth-order valence-corrected chi connectivity index (χ4v) is 4.39. The number of pyridine rings is 1. The number of hydrogen-bond donors (Lipinski definition) is 2. The second-order valence-electron chi connectivity index (χ2n) is 8.29. The van der Waals surface area contributed by atoms with Crippen LogP contribution in [0.3, 0.4) is 0 Å². The van der Waals surface area contributed by atoms with Gasteiger partial charge in [-0.2, -0.15) is 0 Å². The molecule has 0 saturated carbocycles. The number of rotatable bonds is 5. The average Bonchev–Trinajstić information content (AvgIpc) is 3.32. The Labute approximate surface area is 191 Å². The minimum atomic E-state index is -0.322. The van der Waals surface area contributed by atoms with E-state index in [4.69, 9.17) is 9.97 Å². The molecule has 168 valence electrons. The van der Waals surface area contributed by atoms with Crippen molar-refractivity contribution < 1.29 is 9.18 Å². The third-order valence-corrected chi connectivity index (χ3v) is 6.03. The molecule has 0 bridgehead atoms. The second-order valence-corrected chi connectivity index (χ2v) is 8.29. The minimum Gasteiger partial charge on any atom is -0.360 e. The van der Waals surface area contributed by atoms with Crippen molar-refractivity contribution in [3.63, 3.8) is 0 Å². The number of anilines is 2. The molecule has 7 nitrogen and oxygen atoms in total. The topological polar surface area (TPSA) is 86.8 Å². The normalized spacial score (nSPS) is 16.2. The maximum atomic E-state index is 13.8. The van der Waals surface area contributed by atoms with E-state index >= 15 is 0 Å². The minimum absolute atomic E-state index is 0.0284. The van der Waals surface area contributed by atoms with Crippen LogP contribution < -0.4 is 5.32 Å². The van der Waals surface area contributed by atoms with Gasteiger partial charge in [-0.15, -0.1) is 0 Å². The number of amides is 1. The lowest BCUT2D eigenvalue weighted by atomic mass is 9.96. The van der Waals surface area contributed by atoms with Gasteiger partial charge in [0.15, 0.2) is 0 Å². The van der Waals surface area contributed by atoms with Crippen molar-refractivity contribution in [2.24, 2.45) is 0 Å². The molecular weight excluding hydrogens is 419 g/mol. The number of nitrogens with one attached hydrogen (secondary N) is 2. The van der Waals surface area contributed by atoms with Gasteiger partial charge in [0.05, 0.1) is 17.4 Å². The van der Waals surface area contributed by atoms with Crippen molar-refractivity contribution in [2.45, 2.75) is 32.1 Å². The molecule has 1 saturated heterocycles. The molecule has 1 aliphatic heterocycles. The Kier molecular flexibility index (Phi) is 5.73. The molecular formula is C25H25FN6O. The van der Waals surface area contributed by atoms with Crippen molar-refractivity contribution >= 4 is 28.3 Å². The van der Waals surface area contributed by atoms with Crippen LogP contribution in [0.2, 0.25) is 0 Å². The lowest BCUT2D eigenvalue weighted by Crippen LogP contribution is -2.39. The summed E-state index contributed by atoms with van der Waals surface area (Å²) in [6.45, 7) is 3.25. The second kappa shape index (κ2) is 8.97. The Morgan fingerprint density at radius 2 is 2.15 bits per heavy atom. The van der Waals surface area contributed by atoms with Gasteiger partial charge in [-0.3, -0.25) is 9.78 Å². The first kappa shape index (κ1) is 21.1. The Morgan fingerprint density at radius 3 is 3.00 bits per heavy atom. The number of carbonyl (C=O) groups is 1. The van der Waals surface area contributed by atoms with Crippen molar-refractivity contribution in [1.29, 1.82) is 0 Å². The number of carbonyl (C=O) groups excluding carboxylic acids is 1. The van der Waals surface area contributed by atoms with E-state index in [0.29, 0.717) is 30.3 Å². The summed E-state index contributed by atoms with van der Waals surface area (Å²) < 4.78 is 13.8. The van der Waals surface area contributed by atoms with E-state index in [2.05, 4.69) is 15.3 Å². The first-order valence-corrected chi connectivity index (χ1v) is 11.2. The summed E-state index contributed by atoms with van der Waals surface area (Å²) >= 11 is 0. The van der Waals surface area contributed by atoms with E-state index in [1.165, 1.54) is 12.1 Å². The number of aromatic amines is 1. The number of H-pyrrole nitrogens is 1. The standard InChI is InChI=1S/C25H25FN6O/c1-2-24(33)32-10-4-5-16(15-32)25-30-21(20-13-27-14-22-19(20)8-9-28-22)12-23(31-25)29-18-7-3-6-17(26)11-18/h3,6-9,11-14,16,28H,2,4-5,10,15H2,1H3,(H,29,30,31). The molecule has 1 fully saturated rings. The summed E-state index contributed by atoms with van der Waals surface area (Å²) in [7, 11) is 0. The number of benzene rings is 1. The van der Waals surface area contributed by atoms with Gasteiger partial charge in [-0.25, -0.2) is 14.4 Å². The molecule has 2 N–H and O–H groups in total. The Morgan fingerprint density at radius 1 is 1.24 bits per heavy atom. The van der Waals surface area contributed by atoms with Crippen LogP contribution in [-0.2, 0) is 4.79 Å². The fourth-order valence-electron chi connectivity index (χ4n) is 4.39. The number of aromatic nitrogens is 4. The van der Waals surface area contributed by atoms with Gasteiger partial charge in [0.25, 0.3) is 0 Å². The van der Waals surface area contributed by atoms with Gasteiger partial charge >= 0.3 is 0 Å². The first-order valence-electron chi connectivity index (χ1n) is 11.2. The van der Waals surface area contributed by atoms with E-state index in [1.807, 2.05) is 30.2 Å². The zero-order valence-corrected chi connectivity index (χ0v) is 18.4. The molecule has 4 aromatic rings. The Bertz CT molecular complexity index is 1300. The first-order chi connectivity index (χ1) is 16.1. The Hall–Kier alpha value is -3.81. The van der Waals surface area contributed by atoms with Crippen LogP contribution in [0, 0.1) is 5.82 Å². The number of likely N-dealkylation sites (tertiary alicyclic amines) is 1. The molecule has 33 heavy (non-hydrogen) atoms. The van der Waals surface area contributed by atoms with Crippen LogP contribution in [0.4, 0.5) is 15.9 Å². The average molecular weight is 445 g/mol. The van der Waals surface area contributed by atoms with Crippen molar-refractivity contribution in [1.82, 2.24) is 24.8 Å². The van der Waals surface area contributed by atoms with E-state index in [0.717, 1.165) is 41.5 Å². The third kappa shape index (κ3) is 4.41. The van der Waals surface area contributed by atoms with E-state index in [9.17, 15) is 9.18 Å². The van der Waals surface area contributed by atoms with Crippen LogP contribution in [0.5, 0.6) is 0 Å². The highest BCUT2D eigenvalue weighted by atomic mass is 19.1. The Balaban J connectivity index is 1.57. The van der Waals surface area contributed by atoms with Crippen LogP contribution in [0.15, 0.2) is 55.0 Å². The summed E-state index contributed by atoms with van der Waals surface area (Å²) in [5.74, 6) is 1.10. The SMILES string of the molecule is CCC(=O)N1CCCC(c2nc(Nc3cccc(F)c3)cc(-c3cncc4[nH]ccc34)n2)C1. The number of fused-ring (bicyclic) bond motifs is 1. The molecule has 0 aliphatic carbocycles. The third-order valence-electron chi connectivity index (χ3n) is 6.03. The molecule has 0 spiro atoms. The van der Waals surface area contributed by atoms with Crippen LogP contribution in [0.25, 0.3) is 22.2 Å². The molecule has 5 rings (SSSR count). The molecule has 4 heterocycles. The lowest BCUT2D eigenvalue weighted by molar-refractivity contribution is -0.132. The molecule has 1 aliphatic rings. The molecule has 1 atom stereocenters. The molecule has 3 aromatic heterocycles. The highest BCUT2D eigenvalue weighted by molar-refractivity contribution is 5.93. The summed E-state index contributed by atoms with van der Waals surface area (Å²) in [5.41, 5.74) is 3.15.